The molecule has 1 N–H and O–H groups in total. The maximum atomic E-state index is 3.58. The van der Waals surface area contributed by atoms with Crippen LogP contribution in [0.15, 0.2) is 22.7 Å². The Balaban J connectivity index is 2.33. The smallest absolute Gasteiger partial charge is 0.0415 e. The number of nitrogens with zero attached hydrogens (tertiary/aromatic N) is 1. The molecule has 2 rings (SSSR count). The molecular weight excluding hydrogens is 300 g/mol. The molecule has 1 fully saturated rings. The van der Waals surface area contributed by atoms with Crippen LogP contribution in [-0.4, -0.2) is 19.6 Å². The third kappa shape index (κ3) is 3.32. The van der Waals surface area contributed by atoms with Gasteiger partial charge in [0.1, 0.15) is 0 Å². The molecule has 106 valence electrons. The summed E-state index contributed by atoms with van der Waals surface area (Å²) in [6, 6.07) is 7.28. The quantitative estimate of drug-likeness (QED) is 0.902. The van der Waals surface area contributed by atoms with Crippen LogP contribution >= 0.6 is 15.9 Å². The summed E-state index contributed by atoms with van der Waals surface area (Å²) in [6.45, 7) is 9.20. The van der Waals surface area contributed by atoms with E-state index in [4.69, 9.17) is 0 Å². The first-order valence-electron chi connectivity index (χ1n) is 7.22. The number of benzene rings is 1. The number of anilines is 1. The lowest BCUT2D eigenvalue weighted by Gasteiger charge is -2.43. The molecule has 3 heteroatoms. The van der Waals surface area contributed by atoms with Gasteiger partial charge in [-0.2, -0.15) is 0 Å². The fraction of sp³-hybridized carbons (Fsp3) is 0.625. The van der Waals surface area contributed by atoms with E-state index < -0.39 is 0 Å². The summed E-state index contributed by atoms with van der Waals surface area (Å²) in [7, 11) is 2.01. The summed E-state index contributed by atoms with van der Waals surface area (Å²) in [5.74, 6) is 1.53. The molecule has 2 nitrogen and oxygen atoms in total. The number of rotatable bonds is 3. The van der Waals surface area contributed by atoms with Crippen molar-refractivity contribution < 1.29 is 0 Å². The van der Waals surface area contributed by atoms with Gasteiger partial charge in [0.15, 0.2) is 0 Å². The Labute approximate surface area is 125 Å². The number of piperidine rings is 1. The van der Waals surface area contributed by atoms with Crippen LogP contribution in [0.4, 0.5) is 5.69 Å². The third-order valence-electron chi connectivity index (χ3n) is 4.32. The maximum Gasteiger partial charge on any atom is 0.0415 e. The highest BCUT2D eigenvalue weighted by atomic mass is 79.9. The Bertz CT molecular complexity index is 433. The Morgan fingerprint density at radius 3 is 2.74 bits per heavy atom. The van der Waals surface area contributed by atoms with Crippen LogP contribution in [0.3, 0.4) is 0 Å². The van der Waals surface area contributed by atoms with Gasteiger partial charge >= 0.3 is 0 Å². The Hall–Kier alpha value is -0.540. The summed E-state index contributed by atoms with van der Waals surface area (Å²) < 4.78 is 1.16. The molecule has 1 aliphatic heterocycles. The molecular formula is C16H25BrN2. The van der Waals surface area contributed by atoms with Gasteiger partial charge in [0, 0.05) is 29.3 Å². The van der Waals surface area contributed by atoms with Crippen LogP contribution < -0.4 is 10.2 Å². The van der Waals surface area contributed by atoms with Gasteiger partial charge < -0.3 is 10.2 Å². The van der Waals surface area contributed by atoms with Crippen LogP contribution in [-0.2, 0) is 6.54 Å². The van der Waals surface area contributed by atoms with Crippen molar-refractivity contribution in [3.8, 4) is 0 Å². The summed E-state index contributed by atoms with van der Waals surface area (Å²) in [5.41, 5.74) is 2.77. The van der Waals surface area contributed by atoms with E-state index in [1.54, 1.807) is 0 Å². The van der Waals surface area contributed by atoms with Crippen molar-refractivity contribution in [2.24, 2.45) is 11.8 Å². The molecule has 0 saturated carbocycles. The second-order valence-electron chi connectivity index (χ2n) is 6.01. The average molecular weight is 325 g/mol. The SMILES string of the molecule is CNCc1cc(Br)ccc1N1CC(C)CC(C)C1C. The van der Waals surface area contributed by atoms with Crippen LogP contribution in [0.25, 0.3) is 0 Å². The van der Waals surface area contributed by atoms with Crippen LogP contribution in [0.5, 0.6) is 0 Å². The van der Waals surface area contributed by atoms with Crippen molar-refractivity contribution in [2.75, 3.05) is 18.5 Å². The molecule has 1 saturated heterocycles. The van der Waals surface area contributed by atoms with Crippen molar-refractivity contribution in [1.29, 1.82) is 0 Å². The first-order chi connectivity index (χ1) is 9.02. The van der Waals surface area contributed by atoms with Crippen LogP contribution in [0, 0.1) is 11.8 Å². The number of hydrogen-bond donors (Lipinski definition) is 1. The van der Waals surface area contributed by atoms with Gasteiger partial charge in [-0.05, 0) is 56.0 Å². The first kappa shape index (κ1) is 14.9. The standard InChI is InChI=1S/C16H25BrN2/c1-11-7-12(2)13(3)19(10-11)16-6-5-15(17)8-14(16)9-18-4/h5-6,8,11-13,18H,7,9-10H2,1-4H3. The van der Waals surface area contributed by atoms with Crippen molar-refractivity contribution >= 4 is 21.6 Å². The lowest BCUT2D eigenvalue weighted by molar-refractivity contribution is 0.296. The highest BCUT2D eigenvalue weighted by molar-refractivity contribution is 9.10. The number of nitrogens with one attached hydrogen (secondary N) is 1. The molecule has 1 aromatic rings. The highest BCUT2D eigenvalue weighted by Crippen LogP contribution is 2.34. The van der Waals surface area contributed by atoms with E-state index in [1.807, 2.05) is 7.05 Å². The van der Waals surface area contributed by atoms with E-state index in [0.29, 0.717) is 6.04 Å². The summed E-state index contributed by atoms with van der Waals surface area (Å²) in [5, 5.41) is 3.28. The molecule has 3 atom stereocenters. The molecule has 3 unspecified atom stereocenters. The normalized spacial score (nSPS) is 27.6. The Morgan fingerprint density at radius 2 is 2.05 bits per heavy atom. The van der Waals surface area contributed by atoms with Crippen molar-refractivity contribution in [1.82, 2.24) is 5.32 Å². The fourth-order valence-corrected chi connectivity index (χ4v) is 3.61. The fourth-order valence-electron chi connectivity index (χ4n) is 3.20. The zero-order valence-corrected chi connectivity index (χ0v) is 14.0. The van der Waals surface area contributed by atoms with Gasteiger partial charge in [0.25, 0.3) is 0 Å². The molecule has 1 aliphatic rings. The highest BCUT2D eigenvalue weighted by Gasteiger charge is 2.29. The number of hydrogen-bond acceptors (Lipinski definition) is 2. The second kappa shape index (κ2) is 6.27. The molecule has 1 heterocycles. The average Bonchev–Trinajstić information content (AvgIpc) is 2.35. The summed E-state index contributed by atoms with van der Waals surface area (Å²) in [6.07, 6.45) is 1.34. The number of halogens is 1. The van der Waals surface area contributed by atoms with Gasteiger partial charge in [-0.3, -0.25) is 0 Å². The molecule has 0 amide bonds. The third-order valence-corrected chi connectivity index (χ3v) is 4.81. The molecule has 0 bridgehead atoms. The van der Waals surface area contributed by atoms with Gasteiger partial charge in [-0.15, -0.1) is 0 Å². The van der Waals surface area contributed by atoms with Crippen molar-refractivity contribution in [2.45, 2.75) is 39.8 Å². The monoisotopic (exact) mass is 324 g/mol. The van der Waals surface area contributed by atoms with Crippen LogP contribution in [0.1, 0.15) is 32.8 Å². The second-order valence-corrected chi connectivity index (χ2v) is 6.93. The van der Waals surface area contributed by atoms with E-state index in [0.717, 1.165) is 22.9 Å². The van der Waals surface area contributed by atoms with E-state index in [-0.39, 0.29) is 0 Å². The molecule has 0 aromatic heterocycles. The zero-order chi connectivity index (χ0) is 14.0. The molecule has 0 aliphatic carbocycles. The summed E-state index contributed by atoms with van der Waals surface area (Å²) in [4.78, 5) is 2.60. The van der Waals surface area contributed by atoms with Gasteiger partial charge in [-0.1, -0.05) is 29.8 Å². The molecule has 19 heavy (non-hydrogen) atoms. The minimum absolute atomic E-state index is 0.619. The predicted molar refractivity (Wildman–Crippen MR) is 86.7 cm³/mol. The van der Waals surface area contributed by atoms with E-state index in [2.05, 4.69) is 65.1 Å². The van der Waals surface area contributed by atoms with E-state index in [1.165, 1.54) is 24.2 Å². The van der Waals surface area contributed by atoms with Gasteiger partial charge in [-0.25, -0.2) is 0 Å². The van der Waals surface area contributed by atoms with E-state index >= 15 is 0 Å². The van der Waals surface area contributed by atoms with Crippen molar-refractivity contribution in [3.63, 3.8) is 0 Å². The van der Waals surface area contributed by atoms with Crippen LogP contribution in [0.2, 0.25) is 0 Å². The molecule has 0 radical (unpaired) electrons. The largest absolute Gasteiger partial charge is 0.368 e. The minimum atomic E-state index is 0.619. The lowest BCUT2D eigenvalue weighted by atomic mass is 9.85. The minimum Gasteiger partial charge on any atom is -0.368 e. The Morgan fingerprint density at radius 1 is 1.32 bits per heavy atom. The van der Waals surface area contributed by atoms with E-state index in [9.17, 15) is 0 Å². The van der Waals surface area contributed by atoms with Gasteiger partial charge in [0.05, 0.1) is 0 Å². The van der Waals surface area contributed by atoms with Crippen molar-refractivity contribution in [3.05, 3.63) is 28.2 Å². The zero-order valence-electron chi connectivity index (χ0n) is 12.4. The maximum absolute atomic E-state index is 3.58. The lowest BCUT2D eigenvalue weighted by Crippen LogP contribution is -2.46. The molecule has 0 spiro atoms. The first-order valence-corrected chi connectivity index (χ1v) is 8.02. The topological polar surface area (TPSA) is 15.3 Å². The predicted octanol–water partition coefficient (Wildman–Crippen LogP) is 4.04. The Kier molecular flexibility index (Phi) is 4.91. The van der Waals surface area contributed by atoms with Gasteiger partial charge in [0.2, 0.25) is 0 Å². The molecule has 1 aromatic carbocycles. The summed E-state index contributed by atoms with van der Waals surface area (Å²) >= 11 is 3.58.